The average molecular weight is 639 g/mol. The van der Waals surface area contributed by atoms with Gasteiger partial charge in [-0.15, -0.1) is 0 Å². The molecule has 0 atom stereocenters. The van der Waals surface area contributed by atoms with Gasteiger partial charge in [0.25, 0.3) is 0 Å². The molecule has 0 fully saturated rings. The van der Waals surface area contributed by atoms with E-state index in [-0.39, 0.29) is 0 Å². The van der Waals surface area contributed by atoms with Crippen molar-refractivity contribution < 1.29 is 0 Å². The highest BCUT2D eigenvalue weighted by Crippen LogP contribution is 2.34. The molecule has 0 N–H and O–H groups in total. The maximum atomic E-state index is 5.21. The van der Waals surface area contributed by atoms with Crippen LogP contribution in [0.15, 0.2) is 182 Å². The Labute approximate surface area is 290 Å². The molecule has 0 saturated heterocycles. The average Bonchev–Trinajstić information content (AvgIpc) is 3.21. The van der Waals surface area contributed by atoms with Gasteiger partial charge >= 0.3 is 0 Å². The van der Waals surface area contributed by atoms with Crippen LogP contribution < -0.4 is 0 Å². The summed E-state index contributed by atoms with van der Waals surface area (Å²) < 4.78 is 0. The Morgan fingerprint density at radius 3 is 1.20 bits per heavy atom. The van der Waals surface area contributed by atoms with E-state index in [9.17, 15) is 0 Å². The van der Waals surface area contributed by atoms with Gasteiger partial charge in [-0.25, -0.2) is 19.9 Å². The van der Waals surface area contributed by atoms with Crippen LogP contribution in [0.3, 0.4) is 0 Å². The van der Waals surface area contributed by atoms with Crippen LogP contribution >= 0.6 is 0 Å². The molecule has 7 aromatic carbocycles. The van der Waals surface area contributed by atoms with Gasteiger partial charge in [0, 0.05) is 33.0 Å². The lowest BCUT2D eigenvalue weighted by molar-refractivity contribution is 1.21. The van der Waals surface area contributed by atoms with Crippen molar-refractivity contribution in [3.8, 4) is 67.5 Å². The number of para-hydroxylation sites is 2. The molecule has 2 aromatic heterocycles. The van der Waals surface area contributed by atoms with Crippen molar-refractivity contribution in [3.05, 3.63) is 182 Å². The first-order chi connectivity index (χ1) is 24.8. The van der Waals surface area contributed by atoms with Gasteiger partial charge in [-0.1, -0.05) is 158 Å². The monoisotopic (exact) mass is 638 g/mol. The van der Waals surface area contributed by atoms with Crippen molar-refractivity contribution in [1.29, 1.82) is 0 Å². The number of rotatable bonds is 6. The zero-order valence-electron chi connectivity index (χ0n) is 27.1. The molecule has 50 heavy (non-hydrogen) atoms. The second kappa shape index (κ2) is 12.7. The number of hydrogen-bond donors (Lipinski definition) is 0. The minimum absolute atomic E-state index is 0.656. The smallest absolute Gasteiger partial charge is 0.160 e. The minimum atomic E-state index is 0.656. The number of hydrogen-bond acceptors (Lipinski definition) is 4. The van der Waals surface area contributed by atoms with Crippen LogP contribution in [0.1, 0.15) is 0 Å². The number of benzene rings is 7. The normalized spacial score (nSPS) is 11.2. The number of nitrogens with zero attached hydrogens (tertiary/aromatic N) is 4. The summed E-state index contributed by atoms with van der Waals surface area (Å²) in [4.78, 5) is 20.5. The lowest BCUT2D eigenvalue weighted by atomic mass is 9.99. The highest BCUT2D eigenvalue weighted by molar-refractivity contribution is 5.95. The van der Waals surface area contributed by atoms with Crippen LogP contribution in [0.5, 0.6) is 0 Å². The third-order valence-electron chi connectivity index (χ3n) is 9.09. The van der Waals surface area contributed by atoms with E-state index in [1.165, 1.54) is 16.7 Å². The molecule has 0 aliphatic rings. The van der Waals surface area contributed by atoms with Crippen molar-refractivity contribution >= 4 is 21.8 Å². The van der Waals surface area contributed by atoms with E-state index in [0.717, 1.165) is 61.0 Å². The predicted octanol–water partition coefficient (Wildman–Crippen LogP) is 11.6. The fraction of sp³-hybridized carbons (Fsp3) is 0. The van der Waals surface area contributed by atoms with Crippen molar-refractivity contribution in [2.75, 3.05) is 0 Å². The third kappa shape index (κ3) is 5.59. The summed E-state index contributed by atoms with van der Waals surface area (Å²) in [5.74, 6) is 1.31. The van der Waals surface area contributed by atoms with Gasteiger partial charge in [0.15, 0.2) is 11.6 Å². The zero-order valence-corrected chi connectivity index (χ0v) is 27.1. The van der Waals surface area contributed by atoms with Crippen LogP contribution in [-0.2, 0) is 0 Å². The molecule has 0 amide bonds. The van der Waals surface area contributed by atoms with Crippen molar-refractivity contribution in [2.45, 2.75) is 0 Å². The molecule has 0 aliphatic carbocycles. The Kier molecular flexibility index (Phi) is 7.45. The molecule has 234 valence electrons. The fourth-order valence-electron chi connectivity index (χ4n) is 6.58. The SMILES string of the molecule is c1ccc(-c2ccc(-c3nc(-c4cccc(-c5nc(-c6cccc(-c7ccccc7)c6)c6ccccc6n5)c4)nc4ccccc34)cc2)cc1. The first-order valence-corrected chi connectivity index (χ1v) is 16.7. The molecule has 9 rings (SSSR count). The molecule has 0 unspecified atom stereocenters. The largest absolute Gasteiger partial charge is 0.228 e. The van der Waals surface area contributed by atoms with Crippen LogP contribution in [0.25, 0.3) is 89.4 Å². The van der Waals surface area contributed by atoms with Crippen molar-refractivity contribution in [1.82, 2.24) is 19.9 Å². The predicted molar refractivity (Wildman–Crippen MR) is 205 cm³/mol. The molecule has 0 radical (unpaired) electrons. The summed E-state index contributed by atoms with van der Waals surface area (Å²) in [6.45, 7) is 0. The van der Waals surface area contributed by atoms with Gasteiger partial charge in [-0.3, -0.25) is 0 Å². The first kappa shape index (κ1) is 29.4. The van der Waals surface area contributed by atoms with Crippen molar-refractivity contribution in [2.24, 2.45) is 0 Å². The van der Waals surface area contributed by atoms with Crippen LogP contribution in [0.2, 0.25) is 0 Å². The Morgan fingerprint density at radius 2 is 0.620 bits per heavy atom. The lowest BCUT2D eigenvalue weighted by Gasteiger charge is -2.12. The Morgan fingerprint density at radius 1 is 0.240 bits per heavy atom. The highest BCUT2D eigenvalue weighted by atomic mass is 14.9. The summed E-state index contributed by atoms with van der Waals surface area (Å²) in [5.41, 5.74) is 12.2. The van der Waals surface area contributed by atoms with Gasteiger partial charge < -0.3 is 0 Å². The first-order valence-electron chi connectivity index (χ1n) is 16.7. The number of aromatic nitrogens is 4. The Hall–Kier alpha value is -6.78. The van der Waals surface area contributed by atoms with Gasteiger partial charge in [-0.2, -0.15) is 0 Å². The molecule has 9 aromatic rings. The summed E-state index contributed by atoms with van der Waals surface area (Å²) in [5, 5.41) is 2.03. The Balaban J connectivity index is 1.14. The summed E-state index contributed by atoms with van der Waals surface area (Å²) in [6.07, 6.45) is 0. The number of fused-ring (bicyclic) bond motifs is 2. The maximum Gasteiger partial charge on any atom is 0.160 e. The topological polar surface area (TPSA) is 51.6 Å². The van der Waals surface area contributed by atoms with Gasteiger partial charge in [0.1, 0.15) is 0 Å². The molecule has 2 heterocycles. The molecule has 0 bridgehead atoms. The van der Waals surface area contributed by atoms with E-state index >= 15 is 0 Å². The van der Waals surface area contributed by atoms with E-state index in [1.54, 1.807) is 0 Å². The molecular weight excluding hydrogens is 609 g/mol. The van der Waals surface area contributed by atoms with E-state index < -0.39 is 0 Å². The maximum absolute atomic E-state index is 5.21. The van der Waals surface area contributed by atoms with E-state index in [0.29, 0.717) is 11.6 Å². The molecule has 4 heteroatoms. The summed E-state index contributed by atoms with van der Waals surface area (Å²) in [6, 6.07) is 62.7. The standard InChI is InChI=1S/C46H30N4/c1-3-13-31(14-4-1)33-25-27-34(28-26-33)43-39-21-7-9-23-41(39)47-45(49-43)37-19-12-20-38(30-37)46-48-42-24-10-8-22-40(42)44(50-46)36-18-11-17-35(29-36)32-15-5-2-6-16-32/h1-30H. The quantitative estimate of drug-likeness (QED) is 0.182. The highest BCUT2D eigenvalue weighted by Gasteiger charge is 2.15. The summed E-state index contributed by atoms with van der Waals surface area (Å²) >= 11 is 0. The van der Waals surface area contributed by atoms with Gasteiger partial charge in [0.2, 0.25) is 0 Å². The molecule has 0 saturated carbocycles. The van der Waals surface area contributed by atoms with Gasteiger partial charge in [0.05, 0.1) is 22.4 Å². The van der Waals surface area contributed by atoms with Crippen LogP contribution in [0.4, 0.5) is 0 Å². The second-order valence-electron chi connectivity index (χ2n) is 12.3. The van der Waals surface area contributed by atoms with Crippen molar-refractivity contribution in [3.63, 3.8) is 0 Å². The third-order valence-corrected chi connectivity index (χ3v) is 9.09. The van der Waals surface area contributed by atoms with Gasteiger partial charge in [-0.05, 0) is 46.5 Å². The van der Waals surface area contributed by atoms with Crippen LogP contribution in [0, 0.1) is 0 Å². The van der Waals surface area contributed by atoms with E-state index in [4.69, 9.17) is 19.9 Å². The van der Waals surface area contributed by atoms with Crippen LogP contribution in [-0.4, -0.2) is 19.9 Å². The Bertz CT molecular complexity index is 2630. The molecule has 0 spiro atoms. The molecule has 0 aliphatic heterocycles. The molecular formula is C46H30N4. The minimum Gasteiger partial charge on any atom is -0.228 e. The molecule has 4 nitrogen and oxygen atoms in total. The van der Waals surface area contributed by atoms with E-state index in [1.807, 2.05) is 42.5 Å². The second-order valence-corrected chi connectivity index (χ2v) is 12.3. The fourth-order valence-corrected chi connectivity index (χ4v) is 6.58. The summed E-state index contributed by atoms with van der Waals surface area (Å²) in [7, 11) is 0. The van der Waals surface area contributed by atoms with E-state index in [2.05, 4.69) is 140 Å². The lowest BCUT2D eigenvalue weighted by Crippen LogP contribution is -1.97. The zero-order chi connectivity index (χ0) is 33.3.